The monoisotopic (exact) mass is 305 g/mol. The molecule has 0 saturated heterocycles. The Kier molecular flexibility index (Phi) is 3.92. The van der Waals surface area contributed by atoms with Crippen LogP contribution in [-0.4, -0.2) is 17.8 Å². The van der Waals surface area contributed by atoms with E-state index in [1.165, 1.54) is 6.26 Å². The van der Waals surface area contributed by atoms with Gasteiger partial charge >= 0.3 is 0 Å². The van der Waals surface area contributed by atoms with Crippen molar-refractivity contribution in [2.24, 2.45) is 5.92 Å². The minimum absolute atomic E-state index is 0.0985. The van der Waals surface area contributed by atoms with Gasteiger partial charge in [-0.3, -0.25) is 4.79 Å². The van der Waals surface area contributed by atoms with Crippen molar-refractivity contribution in [3.63, 3.8) is 0 Å². The van der Waals surface area contributed by atoms with E-state index in [-0.39, 0.29) is 11.3 Å². The number of furan rings is 1. The van der Waals surface area contributed by atoms with Gasteiger partial charge in [-0.15, -0.1) is 11.6 Å². The van der Waals surface area contributed by atoms with Crippen LogP contribution in [0.15, 0.2) is 21.4 Å². The molecule has 1 aromatic heterocycles. The first-order chi connectivity index (χ1) is 7.66. The van der Waals surface area contributed by atoms with Gasteiger partial charge in [0.05, 0.1) is 11.8 Å². The zero-order chi connectivity index (χ0) is 11.5. The highest BCUT2D eigenvalue weighted by Crippen LogP contribution is 2.28. The summed E-state index contributed by atoms with van der Waals surface area (Å²) in [6.07, 6.45) is 4.64. The lowest BCUT2D eigenvalue weighted by Gasteiger charge is -2.10. The van der Waals surface area contributed by atoms with E-state index in [1.54, 1.807) is 6.07 Å². The number of hydrogen-bond acceptors (Lipinski definition) is 2. The Balaban J connectivity index is 1.82. The Morgan fingerprint density at radius 3 is 3.00 bits per heavy atom. The van der Waals surface area contributed by atoms with Crippen molar-refractivity contribution >= 4 is 33.4 Å². The molecule has 0 bridgehead atoms. The Hall–Kier alpha value is -0.480. The fraction of sp³-hybridized carbons (Fsp3) is 0.545. The molecule has 16 heavy (non-hydrogen) atoms. The van der Waals surface area contributed by atoms with E-state index in [1.807, 2.05) is 0 Å². The van der Waals surface area contributed by atoms with Crippen molar-refractivity contribution in [3.8, 4) is 0 Å². The number of rotatable bonds is 3. The van der Waals surface area contributed by atoms with E-state index < -0.39 is 0 Å². The van der Waals surface area contributed by atoms with Crippen molar-refractivity contribution in [1.29, 1.82) is 0 Å². The summed E-state index contributed by atoms with van der Waals surface area (Å²) in [6, 6.07) is 1.65. The highest BCUT2D eigenvalue weighted by molar-refractivity contribution is 9.10. The first-order valence-corrected chi connectivity index (χ1v) is 6.55. The van der Waals surface area contributed by atoms with Crippen molar-refractivity contribution in [2.75, 3.05) is 6.54 Å². The molecule has 1 heterocycles. The minimum atomic E-state index is -0.0985. The lowest BCUT2D eigenvalue weighted by Crippen LogP contribution is -2.28. The molecule has 1 aliphatic carbocycles. The number of halogens is 2. The number of carbonyl (C=O) groups is 1. The lowest BCUT2D eigenvalue weighted by molar-refractivity contribution is 0.0945. The second kappa shape index (κ2) is 5.23. The molecule has 88 valence electrons. The average molecular weight is 307 g/mol. The Labute approximate surface area is 108 Å². The van der Waals surface area contributed by atoms with Crippen molar-refractivity contribution in [2.45, 2.75) is 24.6 Å². The van der Waals surface area contributed by atoms with E-state index in [9.17, 15) is 4.79 Å². The molecule has 5 heteroatoms. The lowest BCUT2D eigenvalue weighted by atomic mass is 10.1. The second-order valence-corrected chi connectivity index (χ2v) is 5.43. The maximum atomic E-state index is 11.7. The van der Waals surface area contributed by atoms with Gasteiger partial charge in [0.1, 0.15) is 0 Å². The molecule has 0 spiro atoms. The van der Waals surface area contributed by atoms with Gasteiger partial charge in [-0.25, -0.2) is 0 Å². The van der Waals surface area contributed by atoms with Crippen LogP contribution in [0.4, 0.5) is 0 Å². The molecule has 3 nitrogen and oxygen atoms in total. The zero-order valence-electron chi connectivity index (χ0n) is 8.71. The Bertz CT molecular complexity index is 380. The summed E-state index contributed by atoms with van der Waals surface area (Å²) in [5.74, 6) is 0.413. The topological polar surface area (TPSA) is 42.2 Å². The van der Waals surface area contributed by atoms with Crippen molar-refractivity contribution in [3.05, 3.63) is 22.6 Å². The maximum Gasteiger partial charge on any atom is 0.255 e. The predicted octanol–water partition coefficient (Wildman–Crippen LogP) is 3.18. The van der Waals surface area contributed by atoms with Gasteiger partial charge in [0, 0.05) is 11.9 Å². The van der Waals surface area contributed by atoms with E-state index >= 15 is 0 Å². The maximum absolute atomic E-state index is 11.7. The molecule has 0 aliphatic heterocycles. The molecule has 2 unspecified atom stereocenters. The number of carbonyl (C=O) groups excluding carboxylic acids is 1. The largest absolute Gasteiger partial charge is 0.457 e. The average Bonchev–Trinajstić information content (AvgIpc) is 2.84. The van der Waals surface area contributed by atoms with E-state index in [2.05, 4.69) is 21.2 Å². The van der Waals surface area contributed by atoms with Gasteiger partial charge in [0.25, 0.3) is 5.91 Å². The van der Waals surface area contributed by atoms with Crippen LogP contribution in [0.2, 0.25) is 0 Å². The molecule has 0 radical (unpaired) electrons. The molecular weight excluding hydrogens is 293 g/mol. The molecular formula is C11H13BrClNO2. The molecule has 0 aromatic carbocycles. The van der Waals surface area contributed by atoms with Gasteiger partial charge < -0.3 is 9.73 Å². The highest BCUT2D eigenvalue weighted by atomic mass is 79.9. The Morgan fingerprint density at radius 2 is 2.44 bits per heavy atom. The fourth-order valence-electron chi connectivity index (χ4n) is 1.99. The van der Waals surface area contributed by atoms with E-state index in [0.717, 1.165) is 19.3 Å². The summed E-state index contributed by atoms with van der Waals surface area (Å²) >= 11 is 9.19. The summed E-state index contributed by atoms with van der Waals surface area (Å²) in [5, 5.41) is 3.18. The summed E-state index contributed by atoms with van der Waals surface area (Å²) in [6.45, 7) is 0.694. The smallest absolute Gasteiger partial charge is 0.255 e. The zero-order valence-corrected chi connectivity index (χ0v) is 11.1. The number of amides is 1. The van der Waals surface area contributed by atoms with Gasteiger partial charge in [0.15, 0.2) is 4.67 Å². The molecule has 1 N–H and O–H groups in total. The van der Waals surface area contributed by atoms with Gasteiger partial charge in [-0.05, 0) is 47.2 Å². The highest BCUT2D eigenvalue weighted by Gasteiger charge is 2.23. The molecule has 1 aliphatic rings. The first kappa shape index (κ1) is 12.0. The Morgan fingerprint density at radius 1 is 1.62 bits per heavy atom. The van der Waals surface area contributed by atoms with E-state index in [0.29, 0.717) is 22.7 Å². The molecule has 1 saturated carbocycles. The normalized spacial score (nSPS) is 24.6. The van der Waals surface area contributed by atoms with Gasteiger partial charge in [0.2, 0.25) is 0 Å². The summed E-state index contributed by atoms with van der Waals surface area (Å²) in [5.41, 5.74) is 0.542. The van der Waals surface area contributed by atoms with Crippen LogP contribution in [0, 0.1) is 5.92 Å². The van der Waals surface area contributed by atoms with Crippen LogP contribution in [0.25, 0.3) is 0 Å². The second-order valence-electron chi connectivity index (χ2n) is 4.09. The number of nitrogens with one attached hydrogen (secondary N) is 1. The predicted molar refractivity (Wildman–Crippen MR) is 65.7 cm³/mol. The van der Waals surface area contributed by atoms with E-state index in [4.69, 9.17) is 16.0 Å². The molecule has 2 atom stereocenters. The van der Waals surface area contributed by atoms with Crippen LogP contribution >= 0.6 is 27.5 Å². The summed E-state index contributed by atoms with van der Waals surface area (Å²) < 4.78 is 5.49. The molecule has 2 rings (SSSR count). The van der Waals surface area contributed by atoms with Crippen LogP contribution in [0.5, 0.6) is 0 Å². The molecule has 1 amide bonds. The van der Waals surface area contributed by atoms with Crippen LogP contribution in [0.1, 0.15) is 29.6 Å². The third kappa shape index (κ3) is 2.80. The van der Waals surface area contributed by atoms with Crippen molar-refractivity contribution < 1.29 is 9.21 Å². The number of alkyl halides is 1. The first-order valence-electron chi connectivity index (χ1n) is 5.32. The quantitative estimate of drug-likeness (QED) is 0.872. The minimum Gasteiger partial charge on any atom is -0.457 e. The SMILES string of the molecule is O=C(NCC1CCC(Cl)C1)c1ccoc1Br. The van der Waals surface area contributed by atoms with Crippen molar-refractivity contribution in [1.82, 2.24) is 5.32 Å². The van der Waals surface area contributed by atoms with Crippen LogP contribution in [-0.2, 0) is 0 Å². The summed E-state index contributed by atoms with van der Waals surface area (Å²) in [7, 11) is 0. The molecule has 1 aromatic rings. The molecule has 1 fully saturated rings. The standard InChI is InChI=1S/C11H13BrClNO2/c12-10-9(3-4-16-10)11(15)14-6-7-1-2-8(13)5-7/h3-4,7-8H,1-2,5-6H2,(H,14,15). The van der Waals surface area contributed by atoms with Crippen LogP contribution in [0.3, 0.4) is 0 Å². The third-order valence-electron chi connectivity index (χ3n) is 2.89. The number of hydrogen-bond donors (Lipinski definition) is 1. The van der Waals surface area contributed by atoms with Gasteiger partial charge in [-0.1, -0.05) is 0 Å². The van der Waals surface area contributed by atoms with Gasteiger partial charge in [-0.2, -0.15) is 0 Å². The fourth-order valence-corrected chi connectivity index (χ4v) is 2.79. The van der Waals surface area contributed by atoms with Crippen LogP contribution < -0.4 is 5.32 Å². The summed E-state index contributed by atoms with van der Waals surface area (Å²) in [4.78, 5) is 11.7. The third-order valence-corrected chi connectivity index (χ3v) is 3.90.